The standard InChI is InChI=1S/C19H17NO4/c1-20-10-15(16-7-12(11-21)3-6-17(16)20)8-13-4-5-14(19(22)23)9-18(13)24-2/h3-7,9-11H,8H2,1-2H3,(H,22,23). The zero-order valence-corrected chi connectivity index (χ0v) is 13.4. The zero-order valence-electron chi connectivity index (χ0n) is 13.4. The number of hydrogen-bond acceptors (Lipinski definition) is 3. The predicted molar refractivity (Wildman–Crippen MR) is 91.1 cm³/mol. The summed E-state index contributed by atoms with van der Waals surface area (Å²) in [7, 11) is 3.48. The van der Waals surface area contributed by atoms with Crippen molar-refractivity contribution in [3.05, 3.63) is 64.8 Å². The highest BCUT2D eigenvalue weighted by Crippen LogP contribution is 2.28. The summed E-state index contributed by atoms with van der Waals surface area (Å²) in [4.78, 5) is 22.1. The minimum atomic E-state index is -0.986. The third kappa shape index (κ3) is 2.76. The molecule has 0 atom stereocenters. The lowest BCUT2D eigenvalue weighted by Gasteiger charge is -2.09. The van der Waals surface area contributed by atoms with E-state index in [4.69, 9.17) is 9.84 Å². The van der Waals surface area contributed by atoms with Gasteiger partial charge in [-0.2, -0.15) is 0 Å². The lowest BCUT2D eigenvalue weighted by Crippen LogP contribution is -2.00. The number of carboxylic acids is 1. The van der Waals surface area contributed by atoms with Crippen molar-refractivity contribution in [3.63, 3.8) is 0 Å². The van der Waals surface area contributed by atoms with Gasteiger partial charge in [0.25, 0.3) is 0 Å². The third-order valence-corrected chi connectivity index (χ3v) is 4.15. The van der Waals surface area contributed by atoms with E-state index in [0.717, 1.165) is 28.3 Å². The Morgan fingerprint density at radius 3 is 2.67 bits per heavy atom. The van der Waals surface area contributed by atoms with Gasteiger partial charge in [0.2, 0.25) is 0 Å². The number of ether oxygens (including phenoxy) is 1. The number of carbonyl (C=O) groups excluding carboxylic acids is 1. The Kier molecular flexibility index (Phi) is 4.08. The number of hydrogen-bond donors (Lipinski definition) is 1. The van der Waals surface area contributed by atoms with Gasteiger partial charge in [0, 0.05) is 36.1 Å². The van der Waals surface area contributed by atoms with Crippen LogP contribution in [0, 0.1) is 0 Å². The molecule has 0 radical (unpaired) electrons. The second kappa shape index (κ2) is 6.20. The van der Waals surface area contributed by atoms with Crippen LogP contribution in [0.15, 0.2) is 42.6 Å². The number of benzene rings is 2. The molecule has 122 valence electrons. The summed E-state index contributed by atoms with van der Waals surface area (Å²) in [6, 6.07) is 10.5. The average Bonchev–Trinajstić information content (AvgIpc) is 2.90. The number of fused-ring (bicyclic) bond motifs is 1. The number of rotatable bonds is 5. The van der Waals surface area contributed by atoms with Gasteiger partial charge in [-0.25, -0.2) is 4.79 Å². The molecule has 3 aromatic rings. The summed E-state index contributed by atoms with van der Waals surface area (Å²) < 4.78 is 7.36. The van der Waals surface area contributed by atoms with Gasteiger partial charge in [-0.05, 0) is 41.5 Å². The van der Waals surface area contributed by atoms with Crippen LogP contribution in [0.4, 0.5) is 0 Å². The number of methoxy groups -OCH3 is 1. The van der Waals surface area contributed by atoms with Crippen LogP contribution in [-0.4, -0.2) is 29.0 Å². The fourth-order valence-electron chi connectivity index (χ4n) is 2.93. The number of carbonyl (C=O) groups is 2. The van der Waals surface area contributed by atoms with Gasteiger partial charge in [0.05, 0.1) is 12.7 Å². The van der Waals surface area contributed by atoms with Crippen molar-refractivity contribution in [3.8, 4) is 5.75 Å². The Morgan fingerprint density at radius 2 is 2.00 bits per heavy atom. The van der Waals surface area contributed by atoms with Crippen LogP contribution >= 0.6 is 0 Å². The number of aromatic carboxylic acids is 1. The number of aromatic nitrogens is 1. The van der Waals surface area contributed by atoms with Gasteiger partial charge >= 0.3 is 5.97 Å². The maximum atomic E-state index is 11.1. The molecule has 0 saturated heterocycles. The van der Waals surface area contributed by atoms with Crippen LogP contribution in [0.25, 0.3) is 10.9 Å². The van der Waals surface area contributed by atoms with Crippen LogP contribution < -0.4 is 4.74 Å². The number of aldehydes is 1. The summed E-state index contributed by atoms with van der Waals surface area (Å²) in [6.45, 7) is 0. The van der Waals surface area contributed by atoms with Gasteiger partial charge in [0.1, 0.15) is 12.0 Å². The number of aryl methyl sites for hydroxylation is 1. The molecule has 1 heterocycles. The fourth-order valence-corrected chi connectivity index (χ4v) is 2.93. The number of carboxylic acid groups (broad SMARTS) is 1. The second-order valence-corrected chi connectivity index (χ2v) is 5.67. The maximum absolute atomic E-state index is 11.1. The molecule has 0 unspecified atom stereocenters. The largest absolute Gasteiger partial charge is 0.496 e. The first kappa shape index (κ1) is 15.8. The van der Waals surface area contributed by atoms with Crippen molar-refractivity contribution in [1.29, 1.82) is 0 Å². The molecule has 0 saturated carbocycles. The van der Waals surface area contributed by atoms with E-state index >= 15 is 0 Å². The summed E-state index contributed by atoms with van der Waals surface area (Å²) in [5.74, 6) is -0.445. The van der Waals surface area contributed by atoms with Gasteiger partial charge in [0.15, 0.2) is 0 Å². The highest BCUT2D eigenvalue weighted by Gasteiger charge is 2.13. The maximum Gasteiger partial charge on any atom is 0.335 e. The van der Waals surface area contributed by atoms with E-state index < -0.39 is 5.97 Å². The van der Waals surface area contributed by atoms with Crippen molar-refractivity contribution in [2.24, 2.45) is 7.05 Å². The first-order valence-corrected chi connectivity index (χ1v) is 7.47. The molecule has 5 heteroatoms. The zero-order chi connectivity index (χ0) is 17.3. The highest BCUT2D eigenvalue weighted by atomic mass is 16.5. The highest BCUT2D eigenvalue weighted by molar-refractivity contribution is 5.90. The Bertz CT molecular complexity index is 940. The van der Waals surface area contributed by atoms with Crippen molar-refractivity contribution >= 4 is 23.2 Å². The Labute approximate surface area is 139 Å². The SMILES string of the molecule is COc1cc(C(=O)O)ccc1Cc1cn(C)c2ccc(C=O)cc12. The Hall–Kier alpha value is -3.08. The third-order valence-electron chi connectivity index (χ3n) is 4.15. The first-order chi connectivity index (χ1) is 11.5. The molecular weight excluding hydrogens is 306 g/mol. The summed E-state index contributed by atoms with van der Waals surface area (Å²) in [6.07, 6.45) is 3.44. The van der Waals surface area contributed by atoms with Crippen LogP contribution in [-0.2, 0) is 13.5 Å². The van der Waals surface area contributed by atoms with Crippen LogP contribution in [0.1, 0.15) is 31.8 Å². The molecule has 1 N–H and O–H groups in total. The molecule has 0 bridgehead atoms. The first-order valence-electron chi connectivity index (χ1n) is 7.47. The predicted octanol–water partition coefficient (Wildman–Crippen LogP) is 3.29. The lowest BCUT2D eigenvalue weighted by atomic mass is 10.0. The van der Waals surface area contributed by atoms with Crippen molar-refractivity contribution < 1.29 is 19.4 Å². The molecule has 3 rings (SSSR count). The molecule has 1 aromatic heterocycles. The summed E-state index contributed by atoms with van der Waals surface area (Å²) in [5, 5.41) is 10.1. The number of nitrogens with zero attached hydrogens (tertiary/aromatic N) is 1. The van der Waals surface area contributed by atoms with E-state index in [1.165, 1.54) is 13.2 Å². The topological polar surface area (TPSA) is 68.5 Å². The van der Waals surface area contributed by atoms with Crippen LogP contribution in [0.3, 0.4) is 0 Å². The van der Waals surface area contributed by atoms with Gasteiger partial charge in [-0.3, -0.25) is 4.79 Å². The molecule has 0 amide bonds. The van der Waals surface area contributed by atoms with E-state index in [0.29, 0.717) is 17.7 Å². The molecule has 0 spiro atoms. The Balaban J connectivity index is 2.06. The minimum absolute atomic E-state index is 0.191. The smallest absolute Gasteiger partial charge is 0.335 e. The lowest BCUT2D eigenvalue weighted by molar-refractivity contribution is 0.0696. The van der Waals surface area contributed by atoms with Crippen LogP contribution in [0.5, 0.6) is 5.75 Å². The molecule has 0 aliphatic carbocycles. The normalized spacial score (nSPS) is 10.8. The van der Waals surface area contributed by atoms with E-state index in [1.54, 1.807) is 18.2 Å². The quantitative estimate of drug-likeness (QED) is 0.732. The minimum Gasteiger partial charge on any atom is -0.496 e. The molecule has 0 fully saturated rings. The average molecular weight is 323 g/mol. The van der Waals surface area contributed by atoms with E-state index in [2.05, 4.69) is 0 Å². The second-order valence-electron chi connectivity index (χ2n) is 5.67. The fraction of sp³-hybridized carbons (Fsp3) is 0.158. The van der Waals surface area contributed by atoms with Crippen molar-refractivity contribution in [2.45, 2.75) is 6.42 Å². The summed E-state index contributed by atoms with van der Waals surface area (Å²) in [5.41, 5.74) is 3.81. The van der Waals surface area contributed by atoms with E-state index in [1.807, 2.05) is 29.9 Å². The van der Waals surface area contributed by atoms with Gasteiger partial charge < -0.3 is 14.4 Å². The molecule has 2 aromatic carbocycles. The van der Waals surface area contributed by atoms with Crippen LogP contribution in [0.2, 0.25) is 0 Å². The summed E-state index contributed by atoms with van der Waals surface area (Å²) >= 11 is 0. The van der Waals surface area contributed by atoms with Gasteiger partial charge in [-0.15, -0.1) is 0 Å². The van der Waals surface area contributed by atoms with E-state index in [9.17, 15) is 9.59 Å². The monoisotopic (exact) mass is 323 g/mol. The Morgan fingerprint density at radius 1 is 1.21 bits per heavy atom. The van der Waals surface area contributed by atoms with Gasteiger partial charge in [-0.1, -0.05) is 6.07 Å². The van der Waals surface area contributed by atoms with Crippen molar-refractivity contribution in [2.75, 3.05) is 7.11 Å². The molecular formula is C19H17NO4. The molecule has 24 heavy (non-hydrogen) atoms. The molecule has 5 nitrogen and oxygen atoms in total. The molecule has 0 aliphatic heterocycles. The van der Waals surface area contributed by atoms with E-state index in [-0.39, 0.29) is 5.56 Å². The molecule has 0 aliphatic rings. The van der Waals surface area contributed by atoms with Crippen molar-refractivity contribution in [1.82, 2.24) is 4.57 Å².